The van der Waals surface area contributed by atoms with Crippen molar-refractivity contribution < 1.29 is 19.1 Å². The van der Waals surface area contributed by atoms with Gasteiger partial charge in [-0.1, -0.05) is 43.3 Å². The fourth-order valence-electron chi connectivity index (χ4n) is 3.07. The molecule has 0 aliphatic rings. The molecule has 0 fully saturated rings. The van der Waals surface area contributed by atoms with Gasteiger partial charge in [-0.25, -0.2) is 0 Å². The number of anilines is 3. The molecule has 0 heterocycles. The highest BCUT2D eigenvalue weighted by Crippen LogP contribution is 2.23. The van der Waals surface area contributed by atoms with E-state index in [0.717, 1.165) is 12.2 Å². The summed E-state index contributed by atoms with van der Waals surface area (Å²) >= 11 is 0. The quantitative estimate of drug-likeness (QED) is 0.343. The Morgan fingerprint density at radius 2 is 1.42 bits per heavy atom. The highest BCUT2D eigenvalue weighted by atomic mass is 16.5. The standard InChI is InChI=1S/C26H29N3O4/c1-2-9-25(30)28-20-10-8-11-21(18-20)29-26(31)19-27-23-14-6-7-15-24(23)33-17-16-32-22-12-4-3-5-13-22/h3-8,10-15,18,27H,2,9,16-17,19H2,1H3,(H,28,30)(H,29,31). The molecule has 0 saturated carbocycles. The molecule has 0 radical (unpaired) electrons. The van der Waals surface area contributed by atoms with E-state index in [4.69, 9.17) is 9.47 Å². The van der Waals surface area contributed by atoms with Crippen molar-refractivity contribution in [2.75, 3.05) is 35.7 Å². The topological polar surface area (TPSA) is 88.7 Å². The molecule has 7 nitrogen and oxygen atoms in total. The summed E-state index contributed by atoms with van der Waals surface area (Å²) in [4.78, 5) is 24.2. The minimum atomic E-state index is -0.214. The summed E-state index contributed by atoms with van der Waals surface area (Å²) < 4.78 is 11.5. The summed E-state index contributed by atoms with van der Waals surface area (Å²) in [6.07, 6.45) is 1.24. The summed E-state index contributed by atoms with van der Waals surface area (Å²) in [7, 11) is 0. The van der Waals surface area contributed by atoms with Gasteiger partial charge < -0.3 is 25.4 Å². The molecule has 0 saturated heterocycles. The number of rotatable bonds is 12. The predicted molar refractivity (Wildman–Crippen MR) is 131 cm³/mol. The predicted octanol–water partition coefficient (Wildman–Crippen LogP) is 4.93. The van der Waals surface area contributed by atoms with Crippen LogP contribution in [0.3, 0.4) is 0 Å². The van der Waals surface area contributed by atoms with Crippen LogP contribution >= 0.6 is 0 Å². The zero-order valence-corrected chi connectivity index (χ0v) is 18.7. The molecule has 172 valence electrons. The summed E-state index contributed by atoms with van der Waals surface area (Å²) in [6, 6.07) is 24.1. The number of nitrogens with one attached hydrogen (secondary N) is 3. The maximum atomic E-state index is 12.4. The fourth-order valence-corrected chi connectivity index (χ4v) is 3.07. The monoisotopic (exact) mass is 447 g/mol. The van der Waals surface area contributed by atoms with E-state index in [1.807, 2.05) is 61.5 Å². The van der Waals surface area contributed by atoms with Crippen molar-refractivity contribution in [1.29, 1.82) is 0 Å². The smallest absolute Gasteiger partial charge is 0.243 e. The van der Waals surface area contributed by atoms with E-state index in [9.17, 15) is 9.59 Å². The number of hydrogen-bond acceptors (Lipinski definition) is 5. The molecule has 0 aromatic heterocycles. The Balaban J connectivity index is 1.47. The Bertz CT molecular complexity index is 1040. The molecular weight excluding hydrogens is 418 g/mol. The number of amides is 2. The number of hydrogen-bond donors (Lipinski definition) is 3. The van der Waals surface area contributed by atoms with Gasteiger partial charge in [-0.05, 0) is 48.9 Å². The lowest BCUT2D eigenvalue weighted by Gasteiger charge is -2.14. The molecule has 0 bridgehead atoms. The zero-order valence-electron chi connectivity index (χ0n) is 18.7. The molecule has 3 rings (SSSR count). The third kappa shape index (κ3) is 8.22. The van der Waals surface area contributed by atoms with Crippen LogP contribution < -0.4 is 25.4 Å². The van der Waals surface area contributed by atoms with E-state index >= 15 is 0 Å². The average Bonchev–Trinajstić information content (AvgIpc) is 2.82. The van der Waals surface area contributed by atoms with Gasteiger partial charge in [-0.15, -0.1) is 0 Å². The Morgan fingerprint density at radius 1 is 0.758 bits per heavy atom. The fraction of sp³-hybridized carbons (Fsp3) is 0.231. The molecule has 3 N–H and O–H groups in total. The molecule has 0 spiro atoms. The Hall–Kier alpha value is -4.00. The first-order chi connectivity index (χ1) is 16.1. The van der Waals surface area contributed by atoms with E-state index in [1.54, 1.807) is 24.3 Å². The third-order valence-electron chi connectivity index (χ3n) is 4.59. The van der Waals surface area contributed by atoms with Crippen LogP contribution in [0.5, 0.6) is 11.5 Å². The molecular formula is C26H29N3O4. The van der Waals surface area contributed by atoms with Gasteiger partial charge >= 0.3 is 0 Å². The Morgan fingerprint density at radius 3 is 2.18 bits per heavy atom. The Kier molecular flexibility index (Phi) is 9.15. The molecule has 7 heteroatoms. The largest absolute Gasteiger partial charge is 0.490 e. The molecule has 2 amide bonds. The Labute approximate surface area is 194 Å². The molecule has 0 aliphatic carbocycles. The van der Waals surface area contributed by atoms with Crippen LogP contribution in [-0.2, 0) is 9.59 Å². The number of carbonyl (C=O) groups is 2. The van der Waals surface area contributed by atoms with Crippen molar-refractivity contribution in [3.63, 3.8) is 0 Å². The lowest BCUT2D eigenvalue weighted by atomic mass is 10.2. The number of carbonyl (C=O) groups excluding carboxylic acids is 2. The van der Waals surface area contributed by atoms with Crippen molar-refractivity contribution in [1.82, 2.24) is 0 Å². The average molecular weight is 448 g/mol. The first kappa shape index (κ1) is 23.7. The van der Waals surface area contributed by atoms with Crippen LogP contribution in [0, 0.1) is 0 Å². The maximum Gasteiger partial charge on any atom is 0.243 e. The van der Waals surface area contributed by atoms with E-state index in [0.29, 0.717) is 42.4 Å². The third-order valence-corrected chi connectivity index (χ3v) is 4.59. The van der Waals surface area contributed by atoms with Crippen molar-refractivity contribution in [3.8, 4) is 11.5 Å². The molecule has 0 aliphatic heterocycles. The second kappa shape index (κ2) is 12.8. The van der Waals surface area contributed by atoms with Crippen LogP contribution in [0.25, 0.3) is 0 Å². The molecule has 0 unspecified atom stereocenters. The highest BCUT2D eigenvalue weighted by molar-refractivity contribution is 5.95. The first-order valence-corrected chi connectivity index (χ1v) is 11.0. The highest BCUT2D eigenvalue weighted by Gasteiger charge is 2.08. The second-order valence-electron chi connectivity index (χ2n) is 7.29. The molecule has 0 atom stereocenters. The normalized spacial score (nSPS) is 10.2. The van der Waals surface area contributed by atoms with Gasteiger partial charge in [-0.2, -0.15) is 0 Å². The second-order valence-corrected chi connectivity index (χ2v) is 7.29. The maximum absolute atomic E-state index is 12.4. The summed E-state index contributed by atoms with van der Waals surface area (Å²) in [5, 5.41) is 8.77. The van der Waals surface area contributed by atoms with Gasteiger partial charge in [0.2, 0.25) is 11.8 Å². The van der Waals surface area contributed by atoms with E-state index in [-0.39, 0.29) is 18.4 Å². The SMILES string of the molecule is CCCC(=O)Nc1cccc(NC(=O)CNc2ccccc2OCCOc2ccccc2)c1. The van der Waals surface area contributed by atoms with Gasteiger partial charge in [0.15, 0.2) is 0 Å². The van der Waals surface area contributed by atoms with Crippen molar-refractivity contribution in [2.24, 2.45) is 0 Å². The van der Waals surface area contributed by atoms with Crippen LogP contribution in [-0.4, -0.2) is 31.6 Å². The van der Waals surface area contributed by atoms with Gasteiger partial charge in [0, 0.05) is 17.8 Å². The minimum absolute atomic E-state index is 0.0478. The lowest BCUT2D eigenvalue weighted by Crippen LogP contribution is -2.22. The van der Waals surface area contributed by atoms with Crippen LogP contribution in [0.1, 0.15) is 19.8 Å². The van der Waals surface area contributed by atoms with Gasteiger partial charge in [0.05, 0.1) is 12.2 Å². The van der Waals surface area contributed by atoms with Crippen LogP contribution in [0.4, 0.5) is 17.1 Å². The van der Waals surface area contributed by atoms with E-state index in [1.165, 1.54) is 0 Å². The summed E-state index contributed by atoms with van der Waals surface area (Å²) in [6.45, 7) is 2.79. The van der Waals surface area contributed by atoms with Gasteiger partial charge in [0.25, 0.3) is 0 Å². The number of para-hydroxylation sites is 3. The van der Waals surface area contributed by atoms with Crippen LogP contribution in [0.2, 0.25) is 0 Å². The molecule has 3 aromatic rings. The van der Waals surface area contributed by atoms with Crippen LogP contribution in [0.15, 0.2) is 78.9 Å². The zero-order chi connectivity index (χ0) is 23.3. The van der Waals surface area contributed by atoms with Crippen molar-refractivity contribution in [2.45, 2.75) is 19.8 Å². The minimum Gasteiger partial charge on any atom is -0.490 e. The summed E-state index contributed by atoms with van der Waals surface area (Å²) in [5.74, 6) is 1.17. The first-order valence-electron chi connectivity index (χ1n) is 11.0. The molecule has 33 heavy (non-hydrogen) atoms. The molecule has 3 aromatic carbocycles. The van der Waals surface area contributed by atoms with Crippen molar-refractivity contribution in [3.05, 3.63) is 78.9 Å². The lowest BCUT2D eigenvalue weighted by molar-refractivity contribution is -0.116. The van der Waals surface area contributed by atoms with E-state index in [2.05, 4.69) is 16.0 Å². The number of benzene rings is 3. The van der Waals surface area contributed by atoms with Gasteiger partial charge in [0.1, 0.15) is 24.7 Å². The van der Waals surface area contributed by atoms with E-state index < -0.39 is 0 Å². The van der Waals surface area contributed by atoms with Gasteiger partial charge in [-0.3, -0.25) is 9.59 Å². The number of ether oxygens (including phenoxy) is 2. The summed E-state index contributed by atoms with van der Waals surface area (Å²) in [5.41, 5.74) is 1.97. The van der Waals surface area contributed by atoms with Crippen molar-refractivity contribution >= 4 is 28.9 Å².